The Labute approximate surface area is 118 Å². The molecule has 0 radical (unpaired) electrons. The van der Waals surface area contributed by atoms with Gasteiger partial charge >= 0.3 is 0 Å². The van der Waals surface area contributed by atoms with Crippen LogP contribution in [0.2, 0.25) is 5.02 Å². The second-order valence-corrected chi connectivity index (χ2v) is 5.82. The van der Waals surface area contributed by atoms with Crippen LogP contribution in [0.1, 0.15) is 50.9 Å². The summed E-state index contributed by atoms with van der Waals surface area (Å²) in [5.41, 5.74) is 2.04. The molecule has 0 amide bonds. The molecule has 0 aliphatic heterocycles. The van der Waals surface area contributed by atoms with Crippen molar-refractivity contribution in [2.75, 3.05) is 0 Å². The Morgan fingerprint density at radius 2 is 2.06 bits per heavy atom. The summed E-state index contributed by atoms with van der Waals surface area (Å²) in [4.78, 5) is 4.63. The standard InChI is InChI=1S/C14H18Cl2N2/c1-4-5-9(2)18-13-8-11(16)6-7-12(13)17-14(18)10(3)15/h6-10H,4-5H2,1-3H3. The summed E-state index contributed by atoms with van der Waals surface area (Å²) in [6, 6.07) is 6.18. The SMILES string of the molecule is CCCC(C)n1c(C(C)Cl)nc2ccc(Cl)cc21. The molecule has 2 aromatic rings. The van der Waals surface area contributed by atoms with Crippen LogP contribution in [0.25, 0.3) is 11.0 Å². The summed E-state index contributed by atoms with van der Waals surface area (Å²) in [6.07, 6.45) is 2.24. The van der Waals surface area contributed by atoms with Gasteiger partial charge in [0.25, 0.3) is 0 Å². The summed E-state index contributed by atoms with van der Waals surface area (Å²) in [5, 5.41) is 0.636. The zero-order valence-corrected chi connectivity index (χ0v) is 12.5. The van der Waals surface area contributed by atoms with Gasteiger partial charge in [0.05, 0.1) is 16.4 Å². The van der Waals surface area contributed by atoms with Crippen LogP contribution in [-0.4, -0.2) is 9.55 Å². The highest BCUT2D eigenvalue weighted by molar-refractivity contribution is 6.31. The molecular weight excluding hydrogens is 267 g/mol. The van der Waals surface area contributed by atoms with Gasteiger partial charge in [0, 0.05) is 11.1 Å². The van der Waals surface area contributed by atoms with Crippen molar-refractivity contribution in [1.29, 1.82) is 0 Å². The van der Waals surface area contributed by atoms with Gasteiger partial charge in [-0.15, -0.1) is 11.6 Å². The predicted octanol–water partition coefficient (Wildman–Crippen LogP) is 5.35. The van der Waals surface area contributed by atoms with Crippen molar-refractivity contribution in [3.8, 4) is 0 Å². The predicted molar refractivity (Wildman–Crippen MR) is 78.6 cm³/mol. The number of hydrogen-bond acceptors (Lipinski definition) is 1. The maximum Gasteiger partial charge on any atom is 0.127 e. The van der Waals surface area contributed by atoms with E-state index in [1.165, 1.54) is 0 Å². The number of fused-ring (bicyclic) bond motifs is 1. The highest BCUT2D eigenvalue weighted by atomic mass is 35.5. The van der Waals surface area contributed by atoms with Crippen molar-refractivity contribution >= 4 is 34.2 Å². The molecular formula is C14H18Cl2N2. The van der Waals surface area contributed by atoms with Crippen LogP contribution in [-0.2, 0) is 0 Å². The van der Waals surface area contributed by atoms with Gasteiger partial charge in [-0.2, -0.15) is 0 Å². The van der Waals surface area contributed by atoms with Crippen molar-refractivity contribution < 1.29 is 0 Å². The topological polar surface area (TPSA) is 17.8 Å². The number of imidazole rings is 1. The smallest absolute Gasteiger partial charge is 0.127 e. The van der Waals surface area contributed by atoms with Crippen molar-refractivity contribution in [3.63, 3.8) is 0 Å². The van der Waals surface area contributed by atoms with Crippen molar-refractivity contribution in [3.05, 3.63) is 29.0 Å². The van der Waals surface area contributed by atoms with E-state index in [1.54, 1.807) is 0 Å². The van der Waals surface area contributed by atoms with E-state index in [1.807, 2.05) is 25.1 Å². The van der Waals surface area contributed by atoms with Gasteiger partial charge in [-0.25, -0.2) is 4.98 Å². The third kappa shape index (κ3) is 2.50. The molecule has 2 unspecified atom stereocenters. The molecule has 0 N–H and O–H groups in total. The first-order valence-electron chi connectivity index (χ1n) is 6.36. The molecule has 18 heavy (non-hydrogen) atoms. The summed E-state index contributed by atoms with van der Waals surface area (Å²) >= 11 is 12.3. The minimum Gasteiger partial charge on any atom is -0.324 e. The van der Waals surface area contributed by atoms with Gasteiger partial charge in [-0.3, -0.25) is 0 Å². The number of hydrogen-bond donors (Lipinski definition) is 0. The fourth-order valence-electron chi connectivity index (χ4n) is 2.38. The average molecular weight is 285 g/mol. The zero-order chi connectivity index (χ0) is 13.3. The number of aromatic nitrogens is 2. The molecule has 2 atom stereocenters. The number of nitrogens with zero attached hydrogens (tertiary/aromatic N) is 2. The summed E-state index contributed by atoms with van der Waals surface area (Å²) in [5.74, 6) is 0.926. The van der Waals surface area contributed by atoms with Gasteiger partial charge in [-0.05, 0) is 38.5 Å². The molecule has 0 aliphatic carbocycles. The largest absolute Gasteiger partial charge is 0.324 e. The molecule has 0 saturated carbocycles. The second kappa shape index (κ2) is 5.50. The Hall–Kier alpha value is -0.730. The minimum atomic E-state index is -0.101. The Balaban J connectivity index is 2.64. The van der Waals surface area contributed by atoms with E-state index in [-0.39, 0.29) is 5.38 Å². The molecule has 0 fully saturated rings. The van der Waals surface area contributed by atoms with E-state index in [9.17, 15) is 0 Å². The van der Waals surface area contributed by atoms with E-state index >= 15 is 0 Å². The van der Waals surface area contributed by atoms with Gasteiger partial charge in [0.15, 0.2) is 0 Å². The van der Waals surface area contributed by atoms with Crippen LogP contribution in [0.5, 0.6) is 0 Å². The highest BCUT2D eigenvalue weighted by Gasteiger charge is 2.18. The molecule has 0 spiro atoms. The first-order chi connectivity index (χ1) is 8.54. The Kier molecular flexibility index (Phi) is 4.18. The lowest BCUT2D eigenvalue weighted by atomic mass is 10.2. The van der Waals surface area contributed by atoms with Crippen LogP contribution in [0, 0.1) is 0 Å². The fraction of sp³-hybridized carbons (Fsp3) is 0.500. The van der Waals surface area contributed by atoms with Gasteiger partial charge in [0.2, 0.25) is 0 Å². The first kappa shape index (κ1) is 13.7. The number of rotatable bonds is 4. The van der Waals surface area contributed by atoms with E-state index < -0.39 is 0 Å². The highest BCUT2D eigenvalue weighted by Crippen LogP contribution is 2.31. The van der Waals surface area contributed by atoms with Gasteiger partial charge < -0.3 is 4.57 Å². The maximum atomic E-state index is 6.25. The number of halogens is 2. The van der Waals surface area contributed by atoms with Crippen LogP contribution in [0.3, 0.4) is 0 Å². The number of benzene rings is 1. The van der Waals surface area contributed by atoms with Crippen molar-refractivity contribution in [2.45, 2.75) is 45.0 Å². The monoisotopic (exact) mass is 284 g/mol. The molecule has 1 aromatic carbocycles. The molecule has 2 rings (SSSR count). The fourth-order valence-corrected chi connectivity index (χ4v) is 2.70. The lowest BCUT2D eigenvalue weighted by Crippen LogP contribution is -2.09. The number of alkyl halides is 1. The van der Waals surface area contributed by atoms with Crippen LogP contribution >= 0.6 is 23.2 Å². The molecule has 2 nitrogen and oxygen atoms in total. The first-order valence-corrected chi connectivity index (χ1v) is 7.17. The maximum absolute atomic E-state index is 6.25. The normalized spacial score (nSPS) is 14.9. The summed E-state index contributed by atoms with van der Waals surface area (Å²) < 4.78 is 2.22. The van der Waals surface area contributed by atoms with Crippen LogP contribution in [0.4, 0.5) is 0 Å². The lowest BCUT2D eigenvalue weighted by Gasteiger charge is -2.18. The molecule has 98 valence electrons. The second-order valence-electron chi connectivity index (χ2n) is 4.73. The Bertz CT molecular complexity index is 546. The molecule has 0 saturated heterocycles. The van der Waals surface area contributed by atoms with Crippen LogP contribution < -0.4 is 0 Å². The van der Waals surface area contributed by atoms with E-state index in [4.69, 9.17) is 23.2 Å². The average Bonchev–Trinajstić information content (AvgIpc) is 2.67. The van der Waals surface area contributed by atoms with E-state index in [2.05, 4.69) is 23.4 Å². The third-order valence-corrected chi connectivity index (χ3v) is 3.61. The summed E-state index contributed by atoms with van der Waals surface area (Å²) in [6.45, 7) is 6.35. The lowest BCUT2D eigenvalue weighted by molar-refractivity contribution is 0.494. The quantitative estimate of drug-likeness (QED) is 0.692. The van der Waals surface area contributed by atoms with Crippen molar-refractivity contribution in [2.24, 2.45) is 0 Å². The molecule has 0 aliphatic rings. The van der Waals surface area contributed by atoms with Gasteiger partial charge in [0.1, 0.15) is 5.82 Å². The van der Waals surface area contributed by atoms with Crippen LogP contribution in [0.15, 0.2) is 18.2 Å². The molecule has 4 heteroatoms. The Morgan fingerprint density at radius 3 is 2.67 bits per heavy atom. The summed E-state index contributed by atoms with van der Waals surface area (Å²) in [7, 11) is 0. The van der Waals surface area contributed by atoms with Gasteiger partial charge in [-0.1, -0.05) is 24.9 Å². The van der Waals surface area contributed by atoms with E-state index in [0.717, 1.165) is 34.7 Å². The molecule has 1 heterocycles. The third-order valence-electron chi connectivity index (χ3n) is 3.18. The Morgan fingerprint density at radius 1 is 1.33 bits per heavy atom. The minimum absolute atomic E-state index is 0.101. The van der Waals surface area contributed by atoms with E-state index in [0.29, 0.717) is 6.04 Å². The zero-order valence-electron chi connectivity index (χ0n) is 11.0. The molecule has 0 bridgehead atoms. The molecule has 1 aromatic heterocycles. The van der Waals surface area contributed by atoms with Crippen molar-refractivity contribution in [1.82, 2.24) is 9.55 Å².